The first-order valence-electron chi connectivity index (χ1n) is 11.9. The fraction of sp³-hybridized carbons (Fsp3) is 0.333. The van der Waals surface area contributed by atoms with Gasteiger partial charge in [0, 0.05) is 31.7 Å². The van der Waals surface area contributed by atoms with Crippen LogP contribution in [0.3, 0.4) is 0 Å². The van der Waals surface area contributed by atoms with Gasteiger partial charge in [0.2, 0.25) is 0 Å². The monoisotopic (exact) mass is 507 g/mol. The van der Waals surface area contributed by atoms with Crippen LogP contribution in [0.1, 0.15) is 38.4 Å². The van der Waals surface area contributed by atoms with Crippen LogP contribution in [0, 0.1) is 0 Å². The predicted molar refractivity (Wildman–Crippen MR) is 133 cm³/mol. The molecule has 0 atom stereocenters. The minimum absolute atomic E-state index is 0.163. The largest absolute Gasteiger partial charge is 0.379 e. The Bertz CT molecular complexity index is 1350. The van der Waals surface area contributed by atoms with Crippen molar-refractivity contribution in [2.45, 2.75) is 12.8 Å². The highest BCUT2D eigenvalue weighted by molar-refractivity contribution is 7.17. The van der Waals surface area contributed by atoms with Crippen LogP contribution in [0.25, 0.3) is 21.8 Å². The van der Waals surface area contributed by atoms with Gasteiger partial charge in [0.1, 0.15) is 5.69 Å². The van der Waals surface area contributed by atoms with Crippen molar-refractivity contribution in [2.75, 3.05) is 44.4 Å². The van der Waals surface area contributed by atoms with E-state index in [0.717, 1.165) is 30.8 Å². The van der Waals surface area contributed by atoms with E-state index in [0.29, 0.717) is 64.9 Å². The number of ether oxygens (including phenoxy) is 1. The number of aromatic nitrogens is 2. The highest BCUT2D eigenvalue weighted by atomic mass is 32.1. The number of rotatable bonds is 5. The Morgan fingerprint density at radius 1 is 1.08 bits per heavy atom. The standard InChI is InChI=1S/C24H25N7O4S/c25-24(34)31(30-10-12-35-13-11-30)15-5-3-4-14-18(15)22(32)19-20(14)26-27-21(19)16-6-7-17(36-16)23(33)28-29-8-1-2-9-29/h3-7H,1-2,8-13H2,(H2,25,34)(H,26,27)(H,28,33). The molecule has 1 aromatic carbocycles. The van der Waals surface area contributed by atoms with Crippen LogP contribution in [-0.2, 0) is 4.74 Å². The third-order valence-corrected chi connectivity index (χ3v) is 7.77. The van der Waals surface area contributed by atoms with Crippen molar-refractivity contribution >= 4 is 34.7 Å². The van der Waals surface area contributed by atoms with Crippen molar-refractivity contribution in [3.05, 3.63) is 46.3 Å². The van der Waals surface area contributed by atoms with Gasteiger partial charge in [-0.05, 0) is 31.0 Å². The number of carbonyl (C=O) groups is 3. The van der Waals surface area contributed by atoms with Gasteiger partial charge in [-0.3, -0.25) is 20.1 Å². The number of fused-ring (bicyclic) bond motifs is 3. The summed E-state index contributed by atoms with van der Waals surface area (Å²) in [6.07, 6.45) is 2.14. The molecule has 2 saturated heterocycles. The number of nitrogens with zero attached hydrogens (tertiary/aromatic N) is 4. The number of hydrazine groups is 2. The molecular formula is C24H25N7O4S. The number of nitrogens with two attached hydrogens (primary N) is 1. The minimum atomic E-state index is -0.670. The molecule has 12 heteroatoms. The number of anilines is 1. The van der Waals surface area contributed by atoms with Crippen LogP contribution in [-0.4, -0.2) is 77.3 Å². The molecule has 2 fully saturated rings. The number of benzene rings is 1. The molecule has 0 unspecified atom stereocenters. The molecule has 6 rings (SSSR count). The molecule has 2 aliphatic heterocycles. The number of nitrogens with one attached hydrogen (secondary N) is 2. The molecule has 2 aromatic heterocycles. The second-order valence-corrected chi connectivity index (χ2v) is 9.95. The van der Waals surface area contributed by atoms with E-state index in [4.69, 9.17) is 10.5 Å². The molecule has 3 aromatic rings. The first kappa shape index (κ1) is 22.9. The molecule has 36 heavy (non-hydrogen) atoms. The quantitative estimate of drug-likeness (QED) is 0.377. The van der Waals surface area contributed by atoms with Crippen molar-refractivity contribution in [3.63, 3.8) is 0 Å². The zero-order valence-electron chi connectivity index (χ0n) is 19.5. The maximum absolute atomic E-state index is 13.8. The average molecular weight is 508 g/mol. The molecule has 4 N–H and O–H groups in total. The molecule has 1 aliphatic carbocycles. The van der Waals surface area contributed by atoms with Crippen LogP contribution in [0.2, 0.25) is 0 Å². The lowest BCUT2D eigenvalue weighted by atomic mass is 10.1. The Balaban J connectivity index is 1.33. The van der Waals surface area contributed by atoms with Gasteiger partial charge in [-0.2, -0.15) is 5.10 Å². The van der Waals surface area contributed by atoms with E-state index in [-0.39, 0.29) is 11.7 Å². The van der Waals surface area contributed by atoms with Gasteiger partial charge in [0.15, 0.2) is 5.78 Å². The summed E-state index contributed by atoms with van der Waals surface area (Å²) in [4.78, 5) is 40.3. The average Bonchev–Trinajstić information content (AvgIpc) is 3.67. The number of hydrogen-bond acceptors (Lipinski definition) is 8. The second kappa shape index (κ2) is 9.13. The summed E-state index contributed by atoms with van der Waals surface area (Å²) in [7, 11) is 0. The fourth-order valence-corrected chi connectivity index (χ4v) is 5.90. The lowest BCUT2D eigenvalue weighted by Gasteiger charge is -2.36. The number of carbonyl (C=O) groups excluding carboxylic acids is 3. The molecule has 0 bridgehead atoms. The van der Waals surface area contributed by atoms with Crippen molar-refractivity contribution in [1.29, 1.82) is 0 Å². The lowest BCUT2D eigenvalue weighted by Crippen LogP contribution is -2.54. The summed E-state index contributed by atoms with van der Waals surface area (Å²) in [6, 6.07) is 8.22. The lowest BCUT2D eigenvalue weighted by molar-refractivity contribution is 0.0364. The number of aromatic amines is 1. The van der Waals surface area contributed by atoms with Gasteiger partial charge in [0.25, 0.3) is 5.91 Å². The SMILES string of the molecule is NC(=O)N(c1cccc2c1C(=O)c1c-2n[nH]c1-c1ccc(C(=O)NN2CCCC2)s1)N1CCOCC1. The number of ketones is 1. The summed E-state index contributed by atoms with van der Waals surface area (Å²) < 4.78 is 5.41. The molecule has 11 nitrogen and oxygen atoms in total. The molecule has 3 amide bonds. The summed E-state index contributed by atoms with van der Waals surface area (Å²) in [5.74, 6) is -0.404. The fourth-order valence-electron chi connectivity index (χ4n) is 5.00. The maximum Gasteiger partial charge on any atom is 0.334 e. The van der Waals surface area contributed by atoms with Gasteiger partial charge in [-0.25, -0.2) is 19.8 Å². The molecule has 0 spiro atoms. The van der Waals surface area contributed by atoms with Crippen LogP contribution in [0.4, 0.5) is 10.5 Å². The Labute approximate surface area is 210 Å². The number of primary amides is 1. The first-order valence-corrected chi connectivity index (χ1v) is 12.7. The van der Waals surface area contributed by atoms with Crippen molar-refractivity contribution in [2.24, 2.45) is 5.73 Å². The zero-order valence-corrected chi connectivity index (χ0v) is 20.3. The molecule has 3 aliphatic rings. The Hall–Kier alpha value is -3.58. The topological polar surface area (TPSA) is 137 Å². The summed E-state index contributed by atoms with van der Waals surface area (Å²) in [5, 5.41) is 12.5. The van der Waals surface area contributed by atoms with Crippen LogP contribution in [0.5, 0.6) is 0 Å². The molecule has 4 heterocycles. The highest BCUT2D eigenvalue weighted by Crippen LogP contribution is 2.45. The molecule has 0 radical (unpaired) electrons. The number of urea groups is 1. The molecular weight excluding hydrogens is 482 g/mol. The first-order chi connectivity index (χ1) is 17.5. The smallest absolute Gasteiger partial charge is 0.334 e. The van der Waals surface area contributed by atoms with E-state index in [2.05, 4.69) is 15.6 Å². The van der Waals surface area contributed by atoms with Gasteiger partial charge in [-0.1, -0.05) is 12.1 Å². The van der Waals surface area contributed by atoms with Crippen LogP contribution < -0.4 is 16.2 Å². The van der Waals surface area contributed by atoms with Crippen molar-refractivity contribution in [3.8, 4) is 21.8 Å². The van der Waals surface area contributed by atoms with E-state index in [1.807, 2.05) is 17.1 Å². The van der Waals surface area contributed by atoms with E-state index in [1.165, 1.54) is 16.3 Å². The Morgan fingerprint density at radius 2 is 1.86 bits per heavy atom. The normalized spacial score (nSPS) is 17.7. The third-order valence-electron chi connectivity index (χ3n) is 6.67. The van der Waals surface area contributed by atoms with Gasteiger partial charge < -0.3 is 10.5 Å². The van der Waals surface area contributed by atoms with Crippen molar-refractivity contribution < 1.29 is 19.1 Å². The predicted octanol–water partition coefficient (Wildman–Crippen LogP) is 2.22. The third kappa shape index (κ3) is 3.78. The molecule has 186 valence electrons. The van der Waals surface area contributed by atoms with E-state index >= 15 is 0 Å². The number of hydrogen-bond donors (Lipinski definition) is 3. The molecule has 0 saturated carbocycles. The summed E-state index contributed by atoms with van der Waals surface area (Å²) >= 11 is 1.30. The number of morpholine rings is 1. The van der Waals surface area contributed by atoms with E-state index in [9.17, 15) is 14.4 Å². The van der Waals surface area contributed by atoms with Crippen molar-refractivity contribution in [1.82, 2.24) is 25.6 Å². The van der Waals surface area contributed by atoms with Gasteiger partial charge >= 0.3 is 6.03 Å². The van der Waals surface area contributed by atoms with Crippen LogP contribution in [0.15, 0.2) is 30.3 Å². The van der Waals surface area contributed by atoms with E-state index in [1.54, 1.807) is 23.2 Å². The highest BCUT2D eigenvalue weighted by Gasteiger charge is 2.38. The van der Waals surface area contributed by atoms with Gasteiger partial charge in [0.05, 0.1) is 45.5 Å². The Kier molecular flexibility index (Phi) is 5.80. The Morgan fingerprint density at radius 3 is 2.61 bits per heavy atom. The number of thiophene rings is 1. The summed E-state index contributed by atoms with van der Waals surface area (Å²) in [6.45, 7) is 3.58. The summed E-state index contributed by atoms with van der Waals surface area (Å²) in [5.41, 5.74) is 11.7. The second-order valence-electron chi connectivity index (χ2n) is 8.87. The van der Waals surface area contributed by atoms with E-state index < -0.39 is 6.03 Å². The number of amides is 3. The minimum Gasteiger partial charge on any atom is -0.379 e. The number of H-pyrrole nitrogens is 1. The van der Waals surface area contributed by atoms with Crippen LogP contribution >= 0.6 is 11.3 Å². The zero-order chi connectivity index (χ0) is 24.8. The van der Waals surface area contributed by atoms with Gasteiger partial charge in [-0.15, -0.1) is 11.3 Å². The maximum atomic E-state index is 13.8.